The fourth-order valence-electron chi connectivity index (χ4n) is 3.00. The standard InChI is InChI=1S/C20H18N4O4S/c25-19(21-15-4-2-1-3-5-15)18-17(14-6-8-16(9-7-14)24(26)27)22-20(29-18)23-10-12-28-13-11-23/h1-9H,10-13H2,(H,21,25). The van der Waals surface area contributed by atoms with Crippen LogP contribution in [0.3, 0.4) is 0 Å². The molecule has 1 saturated heterocycles. The quantitative estimate of drug-likeness (QED) is 0.507. The van der Waals surface area contributed by atoms with Crippen LogP contribution in [0.15, 0.2) is 54.6 Å². The summed E-state index contributed by atoms with van der Waals surface area (Å²) < 4.78 is 5.40. The molecule has 8 nitrogen and oxygen atoms in total. The Morgan fingerprint density at radius 2 is 1.79 bits per heavy atom. The average Bonchev–Trinajstić information content (AvgIpc) is 3.21. The summed E-state index contributed by atoms with van der Waals surface area (Å²) in [7, 11) is 0. The van der Waals surface area contributed by atoms with Crippen LogP contribution in [0.1, 0.15) is 9.67 Å². The molecule has 0 bridgehead atoms. The second kappa shape index (κ2) is 8.38. The summed E-state index contributed by atoms with van der Waals surface area (Å²) in [6.07, 6.45) is 0. The van der Waals surface area contributed by atoms with Gasteiger partial charge in [-0.05, 0) is 24.3 Å². The molecule has 4 rings (SSSR count). The zero-order valence-corrected chi connectivity index (χ0v) is 16.2. The molecule has 0 spiro atoms. The van der Waals surface area contributed by atoms with Crippen LogP contribution < -0.4 is 10.2 Å². The topological polar surface area (TPSA) is 97.6 Å². The number of hydrogen-bond donors (Lipinski definition) is 1. The van der Waals surface area contributed by atoms with Gasteiger partial charge in [0.15, 0.2) is 5.13 Å². The molecule has 9 heteroatoms. The van der Waals surface area contributed by atoms with Gasteiger partial charge in [-0.2, -0.15) is 0 Å². The van der Waals surface area contributed by atoms with Gasteiger partial charge in [-0.1, -0.05) is 29.5 Å². The third-order valence-electron chi connectivity index (χ3n) is 4.49. The summed E-state index contributed by atoms with van der Waals surface area (Å²) in [6, 6.07) is 15.3. The van der Waals surface area contributed by atoms with Crippen molar-refractivity contribution in [1.82, 2.24) is 4.98 Å². The minimum atomic E-state index is -0.451. The van der Waals surface area contributed by atoms with Crippen molar-refractivity contribution < 1.29 is 14.5 Å². The minimum Gasteiger partial charge on any atom is -0.378 e. The number of aromatic nitrogens is 1. The van der Waals surface area contributed by atoms with E-state index in [0.29, 0.717) is 48.1 Å². The Morgan fingerprint density at radius 1 is 1.10 bits per heavy atom. The normalized spacial score (nSPS) is 13.9. The molecule has 2 heterocycles. The lowest BCUT2D eigenvalue weighted by Crippen LogP contribution is -2.36. The van der Waals surface area contributed by atoms with Crippen LogP contribution in [-0.2, 0) is 4.74 Å². The van der Waals surface area contributed by atoms with Gasteiger partial charge in [0.25, 0.3) is 11.6 Å². The average molecular weight is 410 g/mol. The first kappa shape index (κ1) is 19.0. The Balaban J connectivity index is 1.70. The molecule has 0 radical (unpaired) electrons. The fourth-order valence-corrected chi connectivity index (χ4v) is 4.03. The number of carbonyl (C=O) groups excluding carboxylic acids is 1. The van der Waals surface area contributed by atoms with Crippen molar-refractivity contribution in [3.63, 3.8) is 0 Å². The molecule has 1 aromatic heterocycles. The second-order valence-corrected chi connectivity index (χ2v) is 7.38. The summed E-state index contributed by atoms with van der Waals surface area (Å²) in [5, 5.41) is 14.6. The van der Waals surface area contributed by atoms with Crippen molar-refractivity contribution in [2.75, 3.05) is 36.5 Å². The first-order valence-electron chi connectivity index (χ1n) is 9.06. The number of nitrogens with zero attached hydrogens (tertiary/aromatic N) is 3. The van der Waals surface area contributed by atoms with Crippen LogP contribution in [-0.4, -0.2) is 42.1 Å². The highest BCUT2D eigenvalue weighted by atomic mass is 32.1. The SMILES string of the molecule is O=C(Nc1ccccc1)c1sc(N2CCOCC2)nc1-c1ccc([N+](=O)[O-])cc1. The van der Waals surface area contributed by atoms with E-state index in [2.05, 4.69) is 10.2 Å². The van der Waals surface area contributed by atoms with Crippen molar-refractivity contribution in [2.24, 2.45) is 0 Å². The van der Waals surface area contributed by atoms with Crippen LogP contribution in [0, 0.1) is 10.1 Å². The third-order valence-corrected chi connectivity index (χ3v) is 5.60. The molecule has 0 atom stereocenters. The lowest BCUT2D eigenvalue weighted by atomic mass is 10.1. The van der Waals surface area contributed by atoms with E-state index in [1.54, 1.807) is 12.1 Å². The molecule has 3 aromatic rings. The zero-order chi connectivity index (χ0) is 20.2. The van der Waals surface area contributed by atoms with Gasteiger partial charge >= 0.3 is 0 Å². The molecule has 1 N–H and O–H groups in total. The van der Waals surface area contributed by atoms with Crippen LogP contribution in [0.5, 0.6) is 0 Å². The van der Waals surface area contributed by atoms with E-state index in [0.717, 1.165) is 5.13 Å². The number of hydrogen-bond acceptors (Lipinski definition) is 7. The molecular weight excluding hydrogens is 392 g/mol. The number of nitro benzene ring substituents is 1. The number of anilines is 2. The van der Waals surface area contributed by atoms with Crippen LogP contribution in [0.4, 0.5) is 16.5 Å². The van der Waals surface area contributed by atoms with Gasteiger partial charge < -0.3 is 15.0 Å². The molecule has 1 fully saturated rings. The molecule has 1 aliphatic heterocycles. The van der Waals surface area contributed by atoms with Gasteiger partial charge in [0.1, 0.15) is 4.88 Å². The Morgan fingerprint density at radius 3 is 2.45 bits per heavy atom. The summed E-state index contributed by atoms with van der Waals surface area (Å²) in [5.74, 6) is -0.262. The van der Waals surface area contributed by atoms with Crippen LogP contribution >= 0.6 is 11.3 Å². The molecule has 29 heavy (non-hydrogen) atoms. The first-order chi connectivity index (χ1) is 14.1. The number of carbonyl (C=O) groups is 1. The summed E-state index contributed by atoms with van der Waals surface area (Å²) in [4.78, 5) is 30.7. The van der Waals surface area contributed by atoms with Gasteiger partial charge in [0.05, 0.1) is 23.8 Å². The minimum absolute atomic E-state index is 0.00679. The van der Waals surface area contributed by atoms with E-state index in [1.807, 2.05) is 30.3 Å². The Labute approximate surface area is 170 Å². The summed E-state index contributed by atoms with van der Waals surface area (Å²) >= 11 is 1.31. The molecule has 0 saturated carbocycles. The van der Waals surface area contributed by atoms with Crippen LogP contribution in [0.2, 0.25) is 0 Å². The molecular formula is C20H18N4O4S. The highest BCUT2D eigenvalue weighted by Crippen LogP contribution is 2.34. The van der Waals surface area contributed by atoms with E-state index < -0.39 is 4.92 Å². The molecule has 148 valence electrons. The zero-order valence-electron chi connectivity index (χ0n) is 15.4. The number of morpholine rings is 1. The van der Waals surface area contributed by atoms with E-state index in [9.17, 15) is 14.9 Å². The number of benzene rings is 2. The number of non-ortho nitro benzene ring substituents is 1. The fraction of sp³-hybridized carbons (Fsp3) is 0.200. The molecule has 1 aliphatic rings. The lowest BCUT2D eigenvalue weighted by molar-refractivity contribution is -0.384. The summed E-state index contributed by atoms with van der Waals surface area (Å²) in [5.41, 5.74) is 1.85. The van der Waals surface area contributed by atoms with Crippen molar-refractivity contribution in [2.45, 2.75) is 0 Å². The Hall–Kier alpha value is -3.30. The van der Waals surface area contributed by atoms with E-state index in [-0.39, 0.29) is 11.6 Å². The number of amides is 1. The first-order valence-corrected chi connectivity index (χ1v) is 9.88. The van der Waals surface area contributed by atoms with Crippen molar-refractivity contribution in [1.29, 1.82) is 0 Å². The van der Waals surface area contributed by atoms with Crippen molar-refractivity contribution in [3.8, 4) is 11.3 Å². The van der Waals surface area contributed by atoms with Gasteiger partial charge in [-0.3, -0.25) is 14.9 Å². The number of para-hydroxylation sites is 1. The van der Waals surface area contributed by atoms with Crippen molar-refractivity contribution in [3.05, 3.63) is 69.6 Å². The maximum absolute atomic E-state index is 13.0. The maximum atomic E-state index is 13.0. The molecule has 1 amide bonds. The monoisotopic (exact) mass is 410 g/mol. The summed E-state index contributed by atoms with van der Waals surface area (Å²) in [6.45, 7) is 2.62. The highest BCUT2D eigenvalue weighted by molar-refractivity contribution is 7.18. The van der Waals surface area contributed by atoms with Gasteiger partial charge in [-0.25, -0.2) is 4.98 Å². The predicted octanol–water partition coefficient (Wildman–Crippen LogP) is 3.81. The maximum Gasteiger partial charge on any atom is 0.269 e. The third kappa shape index (κ3) is 4.25. The van der Waals surface area contributed by atoms with Crippen molar-refractivity contribution >= 4 is 33.8 Å². The smallest absolute Gasteiger partial charge is 0.269 e. The Bertz CT molecular complexity index is 1010. The van der Waals surface area contributed by atoms with Gasteiger partial charge in [-0.15, -0.1) is 0 Å². The number of rotatable bonds is 5. The van der Waals surface area contributed by atoms with E-state index in [1.165, 1.54) is 23.5 Å². The second-order valence-electron chi connectivity index (χ2n) is 6.40. The van der Waals surface area contributed by atoms with Gasteiger partial charge in [0.2, 0.25) is 0 Å². The molecule has 0 unspecified atom stereocenters. The highest BCUT2D eigenvalue weighted by Gasteiger charge is 2.24. The molecule has 2 aromatic carbocycles. The molecule has 0 aliphatic carbocycles. The number of nitro groups is 1. The largest absolute Gasteiger partial charge is 0.378 e. The van der Waals surface area contributed by atoms with E-state index in [4.69, 9.17) is 9.72 Å². The van der Waals surface area contributed by atoms with Crippen LogP contribution in [0.25, 0.3) is 11.3 Å². The number of thiazole rings is 1. The number of ether oxygens (including phenoxy) is 1. The van der Waals surface area contributed by atoms with E-state index >= 15 is 0 Å². The Kier molecular flexibility index (Phi) is 5.50. The number of nitrogens with one attached hydrogen (secondary N) is 1. The lowest BCUT2D eigenvalue weighted by Gasteiger charge is -2.26. The van der Waals surface area contributed by atoms with Gasteiger partial charge in [0, 0.05) is 36.5 Å². The predicted molar refractivity (Wildman–Crippen MR) is 112 cm³/mol.